The van der Waals surface area contributed by atoms with Crippen LogP contribution in [0.25, 0.3) is 5.70 Å². The van der Waals surface area contributed by atoms with Crippen LogP contribution in [0.5, 0.6) is 11.5 Å². The zero-order chi connectivity index (χ0) is 20.8. The van der Waals surface area contributed by atoms with Crippen LogP contribution in [-0.4, -0.2) is 31.4 Å². The molecule has 0 aliphatic carbocycles. The molecule has 1 aliphatic heterocycles. The number of hydrogen-bond acceptors (Lipinski definition) is 5. The first-order valence-electron chi connectivity index (χ1n) is 9.44. The Balaban J connectivity index is 2.22. The van der Waals surface area contributed by atoms with Gasteiger partial charge in [0.2, 0.25) is 0 Å². The molecule has 1 heterocycles. The summed E-state index contributed by atoms with van der Waals surface area (Å²) >= 11 is 5.45. The van der Waals surface area contributed by atoms with Crippen molar-refractivity contribution in [2.75, 3.05) is 20.3 Å². The number of esters is 1. The SMILES string of the molecule is CCOC(=O)C1=C(c2ccccc2)NC(=S)NC1c1cccc(OCC)c1OC. The van der Waals surface area contributed by atoms with Crippen molar-refractivity contribution in [1.82, 2.24) is 10.6 Å². The molecule has 152 valence electrons. The summed E-state index contributed by atoms with van der Waals surface area (Å²) in [6.07, 6.45) is 0. The number of carbonyl (C=O) groups excluding carboxylic acids is 1. The molecule has 0 saturated carbocycles. The lowest BCUT2D eigenvalue weighted by Gasteiger charge is -2.32. The predicted octanol–water partition coefficient (Wildman–Crippen LogP) is 3.59. The lowest BCUT2D eigenvalue weighted by molar-refractivity contribution is -0.138. The molecule has 0 bridgehead atoms. The lowest BCUT2D eigenvalue weighted by atomic mass is 9.92. The highest BCUT2D eigenvalue weighted by Gasteiger charge is 2.35. The molecule has 0 radical (unpaired) electrons. The number of hydrogen-bond donors (Lipinski definition) is 2. The second-order valence-corrected chi connectivity index (χ2v) is 6.63. The highest BCUT2D eigenvalue weighted by molar-refractivity contribution is 7.80. The lowest BCUT2D eigenvalue weighted by Crippen LogP contribution is -2.45. The molecule has 29 heavy (non-hydrogen) atoms. The van der Waals surface area contributed by atoms with Gasteiger partial charge in [-0.15, -0.1) is 0 Å². The Morgan fingerprint density at radius 1 is 1.07 bits per heavy atom. The van der Waals surface area contributed by atoms with Gasteiger partial charge in [0.1, 0.15) is 0 Å². The maximum atomic E-state index is 13.0. The number of ether oxygens (including phenoxy) is 3. The number of carbonyl (C=O) groups is 1. The van der Waals surface area contributed by atoms with Crippen LogP contribution in [-0.2, 0) is 9.53 Å². The van der Waals surface area contributed by atoms with Crippen molar-refractivity contribution in [3.05, 3.63) is 65.2 Å². The smallest absolute Gasteiger partial charge is 0.338 e. The van der Waals surface area contributed by atoms with E-state index in [2.05, 4.69) is 10.6 Å². The van der Waals surface area contributed by atoms with E-state index in [1.807, 2.05) is 55.5 Å². The van der Waals surface area contributed by atoms with E-state index >= 15 is 0 Å². The van der Waals surface area contributed by atoms with E-state index in [1.165, 1.54) is 0 Å². The Kier molecular flexibility index (Phi) is 6.72. The summed E-state index contributed by atoms with van der Waals surface area (Å²) in [6, 6.07) is 14.6. The summed E-state index contributed by atoms with van der Waals surface area (Å²) in [5.74, 6) is 0.719. The second kappa shape index (κ2) is 9.43. The van der Waals surface area contributed by atoms with Crippen molar-refractivity contribution in [1.29, 1.82) is 0 Å². The minimum atomic E-state index is -0.562. The van der Waals surface area contributed by atoms with Crippen molar-refractivity contribution < 1.29 is 19.0 Å². The first-order valence-corrected chi connectivity index (χ1v) is 9.85. The van der Waals surface area contributed by atoms with Crippen molar-refractivity contribution in [3.63, 3.8) is 0 Å². The number of para-hydroxylation sites is 1. The fourth-order valence-corrected chi connectivity index (χ4v) is 3.53. The van der Waals surface area contributed by atoms with Gasteiger partial charge in [-0.05, 0) is 37.7 Å². The molecule has 0 aromatic heterocycles. The molecule has 1 aliphatic rings. The maximum Gasteiger partial charge on any atom is 0.338 e. The molecule has 2 N–H and O–H groups in total. The minimum absolute atomic E-state index is 0.262. The minimum Gasteiger partial charge on any atom is -0.492 e. The van der Waals surface area contributed by atoms with Crippen LogP contribution in [0.1, 0.15) is 31.0 Å². The summed E-state index contributed by atoms with van der Waals surface area (Å²) in [5, 5.41) is 6.73. The standard InChI is InChI=1S/C22H24N2O4S/c1-4-27-16-13-9-12-15(20(16)26-3)19-17(21(25)28-5-2)18(23-22(29)24-19)14-10-7-6-8-11-14/h6-13,19H,4-5H2,1-3H3,(H2,23,24,29). The van der Waals surface area contributed by atoms with Crippen LogP contribution < -0.4 is 20.1 Å². The summed E-state index contributed by atoms with van der Waals surface area (Å²) in [6.45, 7) is 4.44. The fraction of sp³-hybridized carbons (Fsp3) is 0.273. The van der Waals surface area contributed by atoms with Crippen LogP contribution in [0.2, 0.25) is 0 Å². The summed E-state index contributed by atoms with van der Waals surface area (Å²) in [5.41, 5.74) is 2.61. The summed E-state index contributed by atoms with van der Waals surface area (Å²) < 4.78 is 16.7. The van der Waals surface area contributed by atoms with E-state index < -0.39 is 12.0 Å². The molecule has 2 aromatic rings. The van der Waals surface area contributed by atoms with Crippen LogP contribution in [0.4, 0.5) is 0 Å². The number of rotatable bonds is 7. The number of thiocarbonyl (C=S) groups is 1. The monoisotopic (exact) mass is 412 g/mol. The average Bonchev–Trinajstić information content (AvgIpc) is 2.74. The third-order valence-electron chi connectivity index (χ3n) is 4.45. The van der Waals surface area contributed by atoms with Gasteiger partial charge in [-0.2, -0.15) is 0 Å². The highest BCUT2D eigenvalue weighted by Crippen LogP contribution is 2.40. The molecule has 0 amide bonds. The van der Waals surface area contributed by atoms with Gasteiger partial charge < -0.3 is 24.8 Å². The number of methoxy groups -OCH3 is 1. The molecule has 7 heteroatoms. The van der Waals surface area contributed by atoms with Crippen LogP contribution >= 0.6 is 12.2 Å². The Bertz CT molecular complexity index is 928. The Morgan fingerprint density at radius 2 is 1.83 bits per heavy atom. The van der Waals surface area contributed by atoms with E-state index in [1.54, 1.807) is 14.0 Å². The van der Waals surface area contributed by atoms with Gasteiger partial charge in [-0.1, -0.05) is 42.5 Å². The van der Waals surface area contributed by atoms with Gasteiger partial charge in [-0.25, -0.2) is 4.79 Å². The first-order chi connectivity index (χ1) is 14.1. The largest absolute Gasteiger partial charge is 0.492 e. The van der Waals surface area contributed by atoms with Gasteiger partial charge >= 0.3 is 5.97 Å². The van der Waals surface area contributed by atoms with E-state index in [0.29, 0.717) is 34.5 Å². The fourth-order valence-electron chi connectivity index (χ4n) is 3.31. The molecule has 0 saturated heterocycles. The molecule has 6 nitrogen and oxygen atoms in total. The second-order valence-electron chi connectivity index (χ2n) is 6.22. The Morgan fingerprint density at radius 3 is 2.48 bits per heavy atom. The van der Waals surface area contributed by atoms with Crippen molar-refractivity contribution >= 4 is 29.0 Å². The molecule has 0 spiro atoms. The third kappa shape index (κ3) is 4.35. The van der Waals surface area contributed by atoms with E-state index in [-0.39, 0.29) is 6.61 Å². The molecule has 3 rings (SSSR count). The van der Waals surface area contributed by atoms with Gasteiger partial charge in [0, 0.05) is 5.56 Å². The molecule has 1 unspecified atom stereocenters. The van der Waals surface area contributed by atoms with E-state index in [9.17, 15) is 4.79 Å². The van der Waals surface area contributed by atoms with E-state index in [0.717, 1.165) is 11.1 Å². The van der Waals surface area contributed by atoms with Gasteiger partial charge in [-0.3, -0.25) is 0 Å². The van der Waals surface area contributed by atoms with Crippen LogP contribution in [0, 0.1) is 0 Å². The highest BCUT2D eigenvalue weighted by atomic mass is 32.1. The zero-order valence-electron chi connectivity index (χ0n) is 16.7. The number of nitrogens with one attached hydrogen (secondary N) is 2. The van der Waals surface area contributed by atoms with Crippen molar-refractivity contribution in [2.24, 2.45) is 0 Å². The normalized spacial score (nSPS) is 16.0. The molecule has 1 atom stereocenters. The van der Waals surface area contributed by atoms with Crippen LogP contribution in [0.15, 0.2) is 54.1 Å². The van der Waals surface area contributed by atoms with E-state index in [4.69, 9.17) is 26.4 Å². The zero-order valence-corrected chi connectivity index (χ0v) is 17.5. The third-order valence-corrected chi connectivity index (χ3v) is 4.67. The quantitative estimate of drug-likeness (QED) is 0.532. The van der Waals surface area contributed by atoms with Crippen molar-refractivity contribution in [2.45, 2.75) is 19.9 Å². The average molecular weight is 413 g/mol. The van der Waals surface area contributed by atoms with Gasteiger partial charge in [0.05, 0.1) is 37.6 Å². The van der Waals surface area contributed by atoms with Crippen molar-refractivity contribution in [3.8, 4) is 11.5 Å². The van der Waals surface area contributed by atoms with Gasteiger partial charge in [0.15, 0.2) is 16.6 Å². The molecular weight excluding hydrogens is 388 g/mol. The molecule has 2 aromatic carbocycles. The summed E-state index contributed by atoms with van der Waals surface area (Å²) in [7, 11) is 1.58. The Labute approximate surface area is 175 Å². The predicted molar refractivity (Wildman–Crippen MR) is 116 cm³/mol. The maximum absolute atomic E-state index is 13.0. The summed E-state index contributed by atoms with van der Waals surface area (Å²) in [4.78, 5) is 13.0. The topological polar surface area (TPSA) is 68.8 Å². The Hall–Kier alpha value is -3.06. The van der Waals surface area contributed by atoms with Crippen LogP contribution in [0.3, 0.4) is 0 Å². The molecule has 0 fully saturated rings. The molecular formula is C22H24N2O4S. The first kappa shape index (κ1) is 20.7. The number of benzene rings is 2. The van der Waals surface area contributed by atoms with Gasteiger partial charge in [0.25, 0.3) is 0 Å².